The molecule has 9 heteroatoms. The first-order valence-corrected chi connectivity index (χ1v) is 9.93. The van der Waals surface area contributed by atoms with E-state index in [1.807, 2.05) is 12.1 Å². The number of aromatic nitrogens is 2. The molecule has 1 aliphatic rings. The number of nitrogens with zero attached hydrogens (tertiary/aromatic N) is 2. The second-order valence-corrected chi connectivity index (χ2v) is 7.58. The Morgan fingerprint density at radius 3 is 2.63 bits per heavy atom. The van der Waals surface area contributed by atoms with Crippen molar-refractivity contribution in [2.24, 2.45) is 0 Å². The molecule has 0 saturated heterocycles. The van der Waals surface area contributed by atoms with Gasteiger partial charge in [-0.1, -0.05) is 47.5 Å². The molecule has 0 unspecified atom stereocenters. The molecule has 1 aliphatic heterocycles. The van der Waals surface area contributed by atoms with Crippen LogP contribution in [0.1, 0.15) is 0 Å². The molecule has 0 spiro atoms. The van der Waals surface area contributed by atoms with Gasteiger partial charge in [-0.05, 0) is 24.3 Å². The van der Waals surface area contributed by atoms with Gasteiger partial charge in [-0.2, -0.15) is 5.10 Å². The maximum atomic E-state index is 12.9. The highest BCUT2D eigenvalue weighted by Gasteiger charge is 2.30. The summed E-state index contributed by atoms with van der Waals surface area (Å²) in [5, 5.41) is 25.9. The smallest absolute Gasteiger partial charge is 0.276 e. The zero-order valence-corrected chi connectivity index (χ0v) is 17.1. The van der Waals surface area contributed by atoms with Crippen LogP contribution in [0.25, 0.3) is 22.0 Å². The van der Waals surface area contributed by atoms with Crippen LogP contribution in [0, 0.1) is 0 Å². The largest absolute Gasteiger partial charge is 0.493 e. The first-order valence-electron chi connectivity index (χ1n) is 9.17. The van der Waals surface area contributed by atoms with Crippen LogP contribution < -0.4 is 5.56 Å². The van der Waals surface area contributed by atoms with Crippen LogP contribution in [0.5, 0.6) is 0 Å². The lowest BCUT2D eigenvalue weighted by Gasteiger charge is -2.29. The zero-order valence-electron chi connectivity index (χ0n) is 15.6. The number of hydrogen-bond donors (Lipinski definition) is 2. The number of aliphatic hydroxyl groups is 2. The van der Waals surface area contributed by atoms with Crippen molar-refractivity contribution in [3.63, 3.8) is 0 Å². The molecule has 156 valence electrons. The van der Waals surface area contributed by atoms with E-state index in [2.05, 4.69) is 5.10 Å². The van der Waals surface area contributed by atoms with Crippen molar-refractivity contribution in [3.05, 3.63) is 75.2 Å². The van der Waals surface area contributed by atoms with Gasteiger partial charge in [0, 0.05) is 10.9 Å². The molecule has 30 heavy (non-hydrogen) atoms. The molecule has 0 saturated carbocycles. The van der Waals surface area contributed by atoms with Crippen LogP contribution in [0.2, 0.25) is 10.0 Å². The van der Waals surface area contributed by atoms with Crippen molar-refractivity contribution in [2.75, 3.05) is 6.61 Å². The van der Waals surface area contributed by atoms with Crippen LogP contribution in [0.4, 0.5) is 0 Å². The van der Waals surface area contributed by atoms with E-state index in [0.29, 0.717) is 32.1 Å². The molecule has 3 atom stereocenters. The number of rotatable bonds is 5. The highest BCUT2D eigenvalue weighted by Crippen LogP contribution is 2.30. The van der Waals surface area contributed by atoms with Gasteiger partial charge in [-0.3, -0.25) is 4.79 Å². The lowest BCUT2D eigenvalue weighted by molar-refractivity contribution is -0.117. The van der Waals surface area contributed by atoms with Crippen molar-refractivity contribution < 1.29 is 19.7 Å². The van der Waals surface area contributed by atoms with Gasteiger partial charge < -0.3 is 19.7 Å². The highest BCUT2D eigenvalue weighted by atomic mass is 35.5. The maximum Gasteiger partial charge on any atom is 0.276 e. The summed E-state index contributed by atoms with van der Waals surface area (Å²) >= 11 is 12.2. The van der Waals surface area contributed by atoms with Crippen molar-refractivity contribution >= 4 is 34.0 Å². The lowest BCUT2D eigenvalue weighted by atomic mass is 10.1. The molecule has 0 aliphatic carbocycles. The molecule has 4 rings (SSSR count). The van der Waals surface area contributed by atoms with Gasteiger partial charge in [0.05, 0.1) is 34.0 Å². The number of aliphatic hydroxyl groups excluding tert-OH is 2. The summed E-state index contributed by atoms with van der Waals surface area (Å²) in [5.74, 6) is 0. The van der Waals surface area contributed by atoms with Crippen molar-refractivity contribution in [1.82, 2.24) is 9.78 Å². The minimum Gasteiger partial charge on any atom is -0.493 e. The van der Waals surface area contributed by atoms with E-state index in [1.165, 1.54) is 17.0 Å². The number of benzene rings is 2. The fraction of sp³-hybridized carbons (Fsp3) is 0.238. The lowest BCUT2D eigenvalue weighted by Crippen LogP contribution is -2.44. The van der Waals surface area contributed by atoms with E-state index in [1.54, 1.807) is 30.3 Å². The third kappa shape index (κ3) is 3.95. The topological polar surface area (TPSA) is 93.8 Å². The van der Waals surface area contributed by atoms with Crippen LogP contribution in [-0.2, 0) is 16.2 Å². The SMILES string of the molecule is O=c1c2ccccc2c(-c2ccc(Cl)c(Cl)c2)nn1CO[C@@H]1C=CO[C@H](CO)[C@@H]1O. The molecule has 0 fully saturated rings. The number of halogens is 2. The standard InChI is InChI=1S/C21H18Cl2N2O5/c22-15-6-5-12(9-16(15)23)19-13-3-1-2-4-14(13)21(28)25(24-19)11-30-17-7-8-29-18(10-26)20(17)27/h1-9,17-18,20,26-27H,10-11H2/t17-,18-,20-/m1/s1. The van der Waals surface area contributed by atoms with Crippen LogP contribution >= 0.6 is 23.2 Å². The van der Waals surface area contributed by atoms with E-state index >= 15 is 0 Å². The molecule has 0 amide bonds. The van der Waals surface area contributed by atoms with Crippen LogP contribution in [0.15, 0.2) is 59.6 Å². The Morgan fingerprint density at radius 2 is 1.90 bits per heavy atom. The van der Waals surface area contributed by atoms with Gasteiger partial charge in [0.25, 0.3) is 5.56 Å². The third-order valence-electron chi connectivity index (χ3n) is 4.87. The number of ether oxygens (including phenoxy) is 2. The van der Waals surface area contributed by atoms with Gasteiger partial charge in [0.2, 0.25) is 0 Å². The molecule has 2 aromatic carbocycles. The maximum absolute atomic E-state index is 12.9. The predicted molar refractivity (Wildman–Crippen MR) is 113 cm³/mol. The molecule has 0 radical (unpaired) electrons. The normalized spacial score (nSPS) is 21.0. The van der Waals surface area contributed by atoms with E-state index < -0.39 is 18.3 Å². The average Bonchev–Trinajstić information content (AvgIpc) is 2.76. The molecule has 0 bridgehead atoms. The zero-order chi connectivity index (χ0) is 21.3. The fourth-order valence-electron chi connectivity index (χ4n) is 3.27. The summed E-state index contributed by atoms with van der Waals surface area (Å²) in [6, 6.07) is 12.2. The summed E-state index contributed by atoms with van der Waals surface area (Å²) in [5.41, 5.74) is 0.906. The van der Waals surface area contributed by atoms with Crippen molar-refractivity contribution in [3.8, 4) is 11.3 Å². The first-order chi connectivity index (χ1) is 14.5. The van der Waals surface area contributed by atoms with Gasteiger partial charge in [-0.25, -0.2) is 4.68 Å². The minimum atomic E-state index is -1.08. The molecule has 2 N–H and O–H groups in total. The predicted octanol–water partition coefficient (Wildman–Crippen LogP) is 2.98. The molecular formula is C21H18Cl2N2O5. The quantitative estimate of drug-likeness (QED) is 0.622. The van der Waals surface area contributed by atoms with Gasteiger partial charge in [0.1, 0.15) is 25.0 Å². The Kier molecular flexibility index (Phi) is 6.08. The molecule has 3 aromatic rings. The van der Waals surface area contributed by atoms with E-state index in [9.17, 15) is 15.0 Å². The molecule has 7 nitrogen and oxygen atoms in total. The Balaban J connectivity index is 1.73. The third-order valence-corrected chi connectivity index (χ3v) is 5.61. The molecular weight excluding hydrogens is 431 g/mol. The van der Waals surface area contributed by atoms with Gasteiger partial charge in [0.15, 0.2) is 0 Å². The fourth-order valence-corrected chi connectivity index (χ4v) is 3.57. The monoisotopic (exact) mass is 448 g/mol. The second-order valence-electron chi connectivity index (χ2n) is 6.76. The highest BCUT2D eigenvalue weighted by molar-refractivity contribution is 6.42. The summed E-state index contributed by atoms with van der Waals surface area (Å²) < 4.78 is 12.0. The Hall–Kier alpha value is -2.42. The van der Waals surface area contributed by atoms with Crippen molar-refractivity contribution in [2.45, 2.75) is 25.0 Å². The summed E-state index contributed by atoms with van der Waals surface area (Å²) in [6.07, 6.45) is 0.238. The Bertz CT molecular complexity index is 1160. The average molecular weight is 449 g/mol. The van der Waals surface area contributed by atoms with E-state index in [0.717, 1.165) is 0 Å². The number of hydrogen-bond acceptors (Lipinski definition) is 6. The summed E-state index contributed by atoms with van der Waals surface area (Å²) in [4.78, 5) is 12.9. The Labute approximate surface area is 181 Å². The van der Waals surface area contributed by atoms with Gasteiger partial charge >= 0.3 is 0 Å². The van der Waals surface area contributed by atoms with E-state index in [4.69, 9.17) is 32.7 Å². The summed E-state index contributed by atoms with van der Waals surface area (Å²) in [7, 11) is 0. The van der Waals surface area contributed by atoms with Crippen molar-refractivity contribution in [1.29, 1.82) is 0 Å². The van der Waals surface area contributed by atoms with Gasteiger partial charge in [-0.15, -0.1) is 0 Å². The van der Waals surface area contributed by atoms with E-state index in [-0.39, 0.29) is 18.9 Å². The Morgan fingerprint density at radius 1 is 1.13 bits per heavy atom. The summed E-state index contributed by atoms with van der Waals surface area (Å²) in [6.45, 7) is -0.566. The van der Waals surface area contributed by atoms with Crippen LogP contribution in [0.3, 0.4) is 0 Å². The first kappa shape index (κ1) is 20.8. The van der Waals surface area contributed by atoms with Crippen LogP contribution in [-0.4, -0.2) is 44.9 Å². The minimum absolute atomic E-state index is 0.206. The molecule has 2 heterocycles. The molecule has 1 aromatic heterocycles. The number of fused-ring (bicyclic) bond motifs is 1. The second kappa shape index (κ2) is 8.75.